The Hall–Kier alpha value is -5.03. The second kappa shape index (κ2) is 9.91. The van der Waals surface area contributed by atoms with Crippen LogP contribution >= 0.6 is 0 Å². The largest absolute Gasteiger partial charge is 0.481 e. The van der Waals surface area contributed by atoms with Crippen molar-refractivity contribution >= 4 is 22.3 Å². The number of pyridine rings is 2. The number of anilines is 1. The molecule has 0 aliphatic carbocycles. The predicted octanol–water partition coefficient (Wildman–Crippen LogP) is 5.88. The van der Waals surface area contributed by atoms with Crippen molar-refractivity contribution in [2.75, 3.05) is 12.4 Å². The quantitative estimate of drug-likeness (QED) is 0.300. The number of para-hydroxylation sites is 1. The van der Waals surface area contributed by atoms with Crippen molar-refractivity contribution in [3.05, 3.63) is 112 Å². The molecular weight excluding hydrogens is 464 g/mol. The van der Waals surface area contributed by atoms with Gasteiger partial charge >= 0.3 is 0 Å². The van der Waals surface area contributed by atoms with Crippen LogP contribution in [0.25, 0.3) is 32.4 Å². The molecule has 0 amide bonds. The number of aryl methyl sites for hydroxylation is 1. The molecule has 0 fully saturated rings. The van der Waals surface area contributed by atoms with E-state index in [9.17, 15) is 4.79 Å². The molecule has 8 heteroatoms. The molecule has 1 N–H and O–H groups in total. The van der Waals surface area contributed by atoms with Crippen LogP contribution in [0.15, 0.2) is 83.9 Å². The maximum absolute atomic E-state index is 14.2. The van der Waals surface area contributed by atoms with E-state index in [4.69, 9.17) is 11.3 Å². The topological polar surface area (TPSA) is 86.3 Å². The van der Waals surface area contributed by atoms with Crippen molar-refractivity contribution in [1.82, 2.24) is 19.5 Å². The number of benzene rings is 2. The molecule has 2 aromatic carbocycles. The Balaban J connectivity index is 1.74. The fraction of sp³-hybridized carbons (Fsp3) is 0.138. The highest BCUT2D eigenvalue weighted by Gasteiger charge is 2.20. The van der Waals surface area contributed by atoms with Crippen LogP contribution in [0.4, 0.5) is 11.5 Å². The van der Waals surface area contributed by atoms with Crippen LogP contribution in [-0.4, -0.2) is 26.6 Å². The van der Waals surface area contributed by atoms with E-state index >= 15 is 0 Å². The number of nitrogens with zero attached hydrogens (tertiary/aromatic N) is 5. The van der Waals surface area contributed by atoms with Gasteiger partial charge in [0, 0.05) is 29.8 Å². The second-order valence-electron chi connectivity index (χ2n) is 8.53. The summed E-state index contributed by atoms with van der Waals surface area (Å²) in [6.07, 6.45) is 3.17. The van der Waals surface area contributed by atoms with Crippen molar-refractivity contribution in [1.29, 1.82) is 0 Å². The SMILES string of the molecule is [C-]#[N+]c1cnc(C)nc1N[C@@H](C)c1cc2cccc(-c3ccnc(OC)c3)c2c(=O)n1-c1ccccc1. The normalized spacial score (nSPS) is 11.6. The number of hydrogen-bond donors (Lipinski definition) is 1. The van der Waals surface area contributed by atoms with Gasteiger partial charge in [0.15, 0.2) is 0 Å². The molecule has 0 aliphatic heterocycles. The van der Waals surface area contributed by atoms with Crippen molar-refractivity contribution in [2.24, 2.45) is 0 Å². The summed E-state index contributed by atoms with van der Waals surface area (Å²) < 4.78 is 7.03. The van der Waals surface area contributed by atoms with Gasteiger partial charge in [0.05, 0.1) is 25.1 Å². The molecule has 0 bridgehead atoms. The minimum absolute atomic E-state index is 0.150. The highest BCUT2D eigenvalue weighted by atomic mass is 16.5. The molecule has 37 heavy (non-hydrogen) atoms. The number of rotatable bonds is 6. The van der Waals surface area contributed by atoms with Crippen molar-refractivity contribution in [3.63, 3.8) is 0 Å². The van der Waals surface area contributed by atoms with E-state index in [0.717, 1.165) is 27.9 Å². The number of methoxy groups -OCH3 is 1. The summed E-state index contributed by atoms with van der Waals surface area (Å²) >= 11 is 0. The molecule has 1 atom stereocenters. The van der Waals surface area contributed by atoms with Gasteiger partial charge in [0.2, 0.25) is 11.6 Å². The first-order chi connectivity index (χ1) is 18.0. The Bertz CT molecular complexity index is 1710. The summed E-state index contributed by atoms with van der Waals surface area (Å²) in [7, 11) is 1.57. The minimum Gasteiger partial charge on any atom is -0.481 e. The van der Waals surface area contributed by atoms with Gasteiger partial charge in [-0.15, -0.1) is 0 Å². The molecule has 0 radical (unpaired) electrons. The van der Waals surface area contributed by atoms with Crippen LogP contribution in [-0.2, 0) is 0 Å². The Labute approximate surface area is 214 Å². The summed E-state index contributed by atoms with van der Waals surface area (Å²) in [4.78, 5) is 30.5. The lowest BCUT2D eigenvalue weighted by Gasteiger charge is -2.22. The van der Waals surface area contributed by atoms with Crippen LogP contribution in [0, 0.1) is 13.5 Å². The number of hydrogen-bond acceptors (Lipinski definition) is 6. The number of ether oxygens (including phenoxy) is 1. The zero-order valence-corrected chi connectivity index (χ0v) is 20.6. The molecular formula is C29H24N6O2. The lowest BCUT2D eigenvalue weighted by molar-refractivity contribution is 0.398. The van der Waals surface area contributed by atoms with Gasteiger partial charge in [-0.2, -0.15) is 0 Å². The fourth-order valence-electron chi connectivity index (χ4n) is 4.40. The standard InChI is InChI=1S/C29H24N6O2/c1-18(33-28-24(30-3)17-32-19(2)34-28)25-15-21-9-8-12-23(20-13-14-31-26(16-20)37-4)27(21)29(36)35(25)22-10-6-5-7-11-22/h5-18H,1-2,4H3,(H,32,33,34)/t18-/m0/s1. The van der Waals surface area contributed by atoms with E-state index in [2.05, 4.69) is 25.1 Å². The highest BCUT2D eigenvalue weighted by Crippen LogP contribution is 2.32. The first-order valence-electron chi connectivity index (χ1n) is 11.7. The van der Waals surface area contributed by atoms with Gasteiger partial charge in [-0.25, -0.2) is 14.8 Å². The number of aromatic nitrogens is 4. The lowest BCUT2D eigenvalue weighted by atomic mass is 9.98. The van der Waals surface area contributed by atoms with E-state index in [1.807, 2.05) is 73.7 Å². The highest BCUT2D eigenvalue weighted by molar-refractivity contribution is 5.96. The summed E-state index contributed by atoms with van der Waals surface area (Å²) in [5.41, 5.74) is 3.28. The van der Waals surface area contributed by atoms with E-state index in [0.29, 0.717) is 28.6 Å². The Morgan fingerprint density at radius 3 is 2.62 bits per heavy atom. The van der Waals surface area contributed by atoms with E-state index in [1.165, 1.54) is 6.20 Å². The van der Waals surface area contributed by atoms with Crippen molar-refractivity contribution in [2.45, 2.75) is 19.9 Å². The van der Waals surface area contributed by atoms with Gasteiger partial charge < -0.3 is 10.1 Å². The monoisotopic (exact) mass is 488 g/mol. The van der Waals surface area contributed by atoms with Crippen LogP contribution in [0.5, 0.6) is 5.88 Å². The molecule has 8 nitrogen and oxygen atoms in total. The maximum Gasteiger partial charge on any atom is 0.263 e. The first-order valence-corrected chi connectivity index (χ1v) is 11.7. The maximum atomic E-state index is 14.2. The van der Waals surface area contributed by atoms with Crippen LogP contribution in [0.3, 0.4) is 0 Å². The van der Waals surface area contributed by atoms with E-state index in [1.54, 1.807) is 24.8 Å². The third kappa shape index (κ3) is 4.50. The lowest BCUT2D eigenvalue weighted by Crippen LogP contribution is -2.26. The molecule has 5 aromatic rings. The average Bonchev–Trinajstić information content (AvgIpc) is 2.93. The molecule has 0 unspecified atom stereocenters. The first kappa shape index (κ1) is 23.7. The summed E-state index contributed by atoms with van der Waals surface area (Å²) in [5, 5.41) is 4.73. The predicted molar refractivity (Wildman–Crippen MR) is 144 cm³/mol. The molecule has 0 saturated carbocycles. The molecule has 0 aliphatic rings. The molecule has 3 aromatic heterocycles. The van der Waals surface area contributed by atoms with E-state index in [-0.39, 0.29) is 11.6 Å². The molecule has 5 rings (SSSR count). The Morgan fingerprint density at radius 2 is 1.86 bits per heavy atom. The van der Waals surface area contributed by atoms with Gasteiger partial charge in [-0.3, -0.25) is 14.3 Å². The smallest absolute Gasteiger partial charge is 0.263 e. The van der Waals surface area contributed by atoms with Crippen LogP contribution < -0.4 is 15.6 Å². The molecule has 0 spiro atoms. The fourth-order valence-corrected chi connectivity index (χ4v) is 4.40. The Kier molecular flexibility index (Phi) is 6.35. The summed E-state index contributed by atoms with van der Waals surface area (Å²) in [6, 6.07) is 20.7. The molecule has 3 heterocycles. The third-order valence-corrected chi connectivity index (χ3v) is 6.15. The molecule has 0 saturated heterocycles. The van der Waals surface area contributed by atoms with Crippen LogP contribution in [0.1, 0.15) is 24.5 Å². The van der Waals surface area contributed by atoms with Gasteiger partial charge in [-0.05, 0) is 54.6 Å². The Morgan fingerprint density at radius 1 is 1.05 bits per heavy atom. The van der Waals surface area contributed by atoms with Gasteiger partial charge in [0.25, 0.3) is 5.56 Å². The van der Waals surface area contributed by atoms with Crippen molar-refractivity contribution < 1.29 is 4.74 Å². The minimum atomic E-state index is -0.350. The summed E-state index contributed by atoms with van der Waals surface area (Å²) in [5.74, 6) is 1.46. The average molecular weight is 489 g/mol. The molecule has 182 valence electrons. The third-order valence-electron chi connectivity index (χ3n) is 6.15. The zero-order valence-electron chi connectivity index (χ0n) is 20.6. The second-order valence-corrected chi connectivity index (χ2v) is 8.53. The van der Waals surface area contributed by atoms with Crippen LogP contribution in [0.2, 0.25) is 0 Å². The summed E-state index contributed by atoms with van der Waals surface area (Å²) in [6.45, 7) is 11.2. The van der Waals surface area contributed by atoms with Gasteiger partial charge in [-0.1, -0.05) is 36.4 Å². The van der Waals surface area contributed by atoms with E-state index < -0.39 is 0 Å². The number of fused-ring (bicyclic) bond motifs is 1. The van der Waals surface area contributed by atoms with Gasteiger partial charge in [0.1, 0.15) is 11.6 Å². The van der Waals surface area contributed by atoms with Crippen molar-refractivity contribution in [3.8, 4) is 22.7 Å². The number of nitrogens with one attached hydrogen (secondary N) is 1. The zero-order chi connectivity index (χ0) is 25.9.